The van der Waals surface area contributed by atoms with Gasteiger partial charge in [-0.3, -0.25) is 0 Å². The molecular weight excluding hydrogens is 204 g/mol. The van der Waals surface area contributed by atoms with E-state index in [1.165, 1.54) is 0 Å². The summed E-state index contributed by atoms with van der Waals surface area (Å²) in [5.74, 6) is 1.64. The van der Waals surface area contributed by atoms with E-state index in [0.717, 1.165) is 17.3 Å². The molecule has 0 atom stereocenters. The van der Waals surface area contributed by atoms with Gasteiger partial charge < -0.3 is 10.1 Å². The predicted octanol–water partition coefficient (Wildman–Crippen LogP) is 0.995. The Labute approximate surface area is 94.1 Å². The molecule has 2 aromatic rings. The largest absolute Gasteiger partial charge is 0.494 e. The fourth-order valence-electron chi connectivity index (χ4n) is 1.55. The van der Waals surface area contributed by atoms with E-state index in [0.29, 0.717) is 6.54 Å². The summed E-state index contributed by atoms with van der Waals surface area (Å²) in [5, 5.41) is 7.25. The maximum absolute atomic E-state index is 5.29. The number of ether oxygens (including phenoxy) is 1. The lowest BCUT2D eigenvalue weighted by Crippen LogP contribution is -2.12. The van der Waals surface area contributed by atoms with E-state index in [4.69, 9.17) is 4.74 Å². The summed E-state index contributed by atoms with van der Waals surface area (Å²) < 4.78 is 7.07. The molecule has 1 aromatic carbocycles. The molecular formula is C11H14N4O. The molecule has 2 rings (SSSR count). The number of hydrogen-bond acceptors (Lipinski definition) is 4. The van der Waals surface area contributed by atoms with Crippen LogP contribution >= 0.6 is 0 Å². The van der Waals surface area contributed by atoms with Gasteiger partial charge in [-0.25, -0.2) is 9.67 Å². The number of para-hydroxylation sites is 2. The lowest BCUT2D eigenvalue weighted by molar-refractivity contribution is 0.411. The van der Waals surface area contributed by atoms with Gasteiger partial charge in [-0.1, -0.05) is 12.1 Å². The SMILES string of the molecule is CNCc1ncnn1-c1ccccc1OC. The Morgan fingerprint density at radius 2 is 2.19 bits per heavy atom. The van der Waals surface area contributed by atoms with E-state index in [1.54, 1.807) is 18.1 Å². The molecule has 84 valence electrons. The van der Waals surface area contributed by atoms with Crippen LogP contribution in [0.5, 0.6) is 5.75 Å². The molecule has 0 aliphatic carbocycles. The van der Waals surface area contributed by atoms with Crippen molar-refractivity contribution in [1.82, 2.24) is 20.1 Å². The van der Waals surface area contributed by atoms with E-state index in [2.05, 4.69) is 15.4 Å². The van der Waals surface area contributed by atoms with Gasteiger partial charge >= 0.3 is 0 Å². The van der Waals surface area contributed by atoms with E-state index in [1.807, 2.05) is 31.3 Å². The number of rotatable bonds is 4. The van der Waals surface area contributed by atoms with Crippen LogP contribution in [-0.4, -0.2) is 28.9 Å². The van der Waals surface area contributed by atoms with Crippen molar-refractivity contribution in [2.75, 3.05) is 14.2 Å². The minimum Gasteiger partial charge on any atom is -0.494 e. The van der Waals surface area contributed by atoms with Crippen LogP contribution in [0.25, 0.3) is 5.69 Å². The van der Waals surface area contributed by atoms with Gasteiger partial charge in [-0.15, -0.1) is 0 Å². The van der Waals surface area contributed by atoms with Gasteiger partial charge in [0, 0.05) is 0 Å². The minimum absolute atomic E-state index is 0.665. The molecule has 0 aliphatic rings. The molecule has 0 aliphatic heterocycles. The number of methoxy groups -OCH3 is 1. The summed E-state index contributed by atoms with van der Waals surface area (Å²) in [6.45, 7) is 0.665. The third-order valence-electron chi connectivity index (χ3n) is 2.27. The van der Waals surface area contributed by atoms with Crippen LogP contribution in [-0.2, 0) is 6.54 Å². The summed E-state index contributed by atoms with van der Waals surface area (Å²) in [6.07, 6.45) is 1.54. The highest BCUT2D eigenvalue weighted by Crippen LogP contribution is 2.21. The van der Waals surface area contributed by atoms with Crippen molar-refractivity contribution in [1.29, 1.82) is 0 Å². The van der Waals surface area contributed by atoms with Crippen molar-refractivity contribution in [2.24, 2.45) is 0 Å². The number of nitrogens with one attached hydrogen (secondary N) is 1. The molecule has 1 aromatic heterocycles. The van der Waals surface area contributed by atoms with Gasteiger partial charge in [0.25, 0.3) is 0 Å². The van der Waals surface area contributed by atoms with E-state index < -0.39 is 0 Å². The molecule has 0 unspecified atom stereocenters. The Kier molecular flexibility index (Phi) is 3.16. The first-order chi connectivity index (χ1) is 7.86. The summed E-state index contributed by atoms with van der Waals surface area (Å²) in [4.78, 5) is 4.19. The zero-order valence-corrected chi connectivity index (χ0v) is 9.34. The Morgan fingerprint density at radius 3 is 2.94 bits per heavy atom. The average molecular weight is 218 g/mol. The Morgan fingerprint density at radius 1 is 1.38 bits per heavy atom. The van der Waals surface area contributed by atoms with Gasteiger partial charge in [-0.2, -0.15) is 5.10 Å². The monoisotopic (exact) mass is 218 g/mol. The van der Waals surface area contributed by atoms with Crippen LogP contribution in [0, 0.1) is 0 Å². The molecule has 0 amide bonds. The highest BCUT2D eigenvalue weighted by Gasteiger charge is 2.09. The van der Waals surface area contributed by atoms with Crippen molar-refractivity contribution in [2.45, 2.75) is 6.54 Å². The lowest BCUT2D eigenvalue weighted by atomic mass is 10.3. The Hall–Kier alpha value is -1.88. The second-order valence-corrected chi connectivity index (χ2v) is 3.29. The molecule has 16 heavy (non-hydrogen) atoms. The Balaban J connectivity index is 2.45. The fraction of sp³-hybridized carbons (Fsp3) is 0.273. The highest BCUT2D eigenvalue weighted by molar-refractivity contribution is 5.46. The average Bonchev–Trinajstić information content (AvgIpc) is 2.77. The second kappa shape index (κ2) is 4.76. The van der Waals surface area contributed by atoms with Gasteiger partial charge in [0.2, 0.25) is 0 Å². The fourth-order valence-corrected chi connectivity index (χ4v) is 1.55. The highest BCUT2D eigenvalue weighted by atomic mass is 16.5. The standard InChI is InChI=1S/C11H14N4O/c1-12-7-11-13-8-14-15(11)9-5-3-4-6-10(9)16-2/h3-6,8,12H,7H2,1-2H3. The number of nitrogens with zero attached hydrogens (tertiary/aromatic N) is 3. The summed E-state index contributed by atoms with van der Waals surface area (Å²) in [5.41, 5.74) is 0.896. The quantitative estimate of drug-likeness (QED) is 0.831. The smallest absolute Gasteiger partial charge is 0.146 e. The maximum Gasteiger partial charge on any atom is 0.146 e. The molecule has 5 nitrogen and oxygen atoms in total. The van der Waals surface area contributed by atoms with Gasteiger partial charge in [-0.05, 0) is 19.2 Å². The normalized spacial score (nSPS) is 10.4. The third-order valence-corrected chi connectivity index (χ3v) is 2.27. The van der Waals surface area contributed by atoms with Crippen LogP contribution < -0.4 is 10.1 Å². The van der Waals surface area contributed by atoms with Crippen LogP contribution in [0.3, 0.4) is 0 Å². The maximum atomic E-state index is 5.29. The predicted molar refractivity (Wildman–Crippen MR) is 60.7 cm³/mol. The molecule has 1 N–H and O–H groups in total. The van der Waals surface area contributed by atoms with E-state index in [9.17, 15) is 0 Å². The van der Waals surface area contributed by atoms with Crippen molar-refractivity contribution in [3.05, 3.63) is 36.4 Å². The Bertz CT molecular complexity index is 467. The lowest BCUT2D eigenvalue weighted by Gasteiger charge is -2.09. The minimum atomic E-state index is 0.665. The first-order valence-corrected chi connectivity index (χ1v) is 5.03. The molecule has 1 heterocycles. The molecule has 0 radical (unpaired) electrons. The van der Waals surface area contributed by atoms with Crippen LogP contribution in [0.2, 0.25) is 0 Å². The van der Waals surface area contributed by atoms with Crippen LogP contribution in [0.1, 0.15) is 5.82 Å². The first-order valence-electron chi connectivity index (χ1n) is 5.03. The zero-order chi connectivity index (χ0) is 11.4. The molecule has 0 saturated heterocycles. The van der Waals surface area contributed by atoms with Crippen molar-refractivity contribution in [3.63, 3.8) is 0 Å². The van der Waals surface area contributed by atoms with Crippen LogP contribution in [0.15, 0.2) is 30.6 Å². The van der Waals surface area contributed by atoms with Crippen molar-refractivity contribution < 1.29 is 4.74 Å². The molecule has 0 saturated carbocycles. The number of benzene rings is 1. The first kappa shape index (κ1) is 10.6. The van der Waals surface area contributed by atoms with Crippen molar-refractivity contribution in [3.8, 4) is 11.4 Å². The van der Waals surface area contributed by atoms with Crippen LogP contribution in [0.4, 0.5) is 0 Å². The summed E-state index contributed by atoms with van der Waals surface area (Å²) >= 11 is 0. The number of hydrogen-bond donors (Lipinski definition) is 1. The molecule has 0 fully saturated rings. The van der Waals surface area contributed by atoms with Gasteiger partial charge in [0.15, 0.2) is 0 Å². The summed E-state index contributed by atoms with van der Waals surface area (Å²) in [6, 6.07) is 7.73. The zero-order valence-electron chi connectivity index (χ0n) is 9.34. The van der Waals surface area contributed by atoms with E-state index in [-0.39, 0.29) is 0 Å². The molecule has 0 spiro atoms. The third kappa shape index (κ3) is 1.90. The summed E-state index contributed by atoms with van der Waals surface area (Å²) in [7, 11) is 3.52. The molecule has 0 bridgehead atoms. The number of aromatic nitrogens is 3. The second-order valence-electron chi connectivity index (χ2n) is 3.29. The van der Waals surface area contributed by atoms with Gasteiger partial charge in [0.1, 0.15) is 23.6 Å². The van der Waals surface area contributed by atoms with Gasteiger partial charge in [0.05, 0.1) is 13.7 Å². The van der Waals surface area contributed by atoms with E-state index >= 15 is 0 Å². The molecule has 5 heteroatoms. The van der Waals surface area contributed by atoms with Crippen molar-refractivity contribution >= 4 is 0 Å². The topological polar surface area (TPSA) is 52.0 Å².